The highest BCUT2D eigenvalue weighted by Crippen LogP contribution is 2.21. The predicted molar refractivity (Wildman–Crippen MR) is 113 cm³/mol. The van der Waals surface area contributed by atoms with Crippen molar-refractivity contribution in [3.05, 3.63) is 70.7 Å². The molecule has 0 bridgehead atoms. The molecule has 0 saturated carbocycles. The van der Waals surface area contributed by atoms with Crippen LogP contribution in [0.25, 0.3) is 0 Å². The summed E-state index contributed by atoms with van der Waals surface area (Å²) in [5.74, 6) is -0.171. The highest BCUT2D eigenvalue weighted by Gasteiger charge is 2.22. The van der Waals surface area contributed by atoms with E-state index < -0.39 is 0 Å². The van der Waals surface area contributed by atoms with Crippen LogP contribution >= 0.6 is 11.6 Å². The van der Waals surface area contributed by atoms with Crippen molar-refractivity contribution >= 4 is 23.4 Å². The predicted octanol–water partition coefficient (Wildman–Crippen LogP) is 3.50. The van der Waals surface area contributed by atoms with Gasteiger partial charge in [-0.1, -0.05) is 54.1 Å². The Morgan fingerprint density at radius 2 is 1.64 bits per heavy atom. The fraction of sp³-hybridized carbons (Fsp3) is 0.364. The first-order valence-electron chi connectivity index (χ1n) is 9.34. The Morgan fingerprint density at radius 1 is 1.00 bits per heavy atom. The van der Waals surface area contributed by atoms with Gasteiger partial charge in [-0.2, -0.15) is 0 Å². The Kier molecular flexibility index (Phi) is 8.48. The summed E-state index contributed by atoms with van der Waals surface area (Å²) in [4.78, 5) is 28.7. The van der Waals surface area contributed by atoms with E-state index in [9.17, 15) is 9.59 Å². The zero-order valence-corrected chi connectivity index (χ0v) is 17.4. The van der Waals surface area contributed by atoms with Crippen LogP contribution in [-0.4, -0.2) is 48.8 Å². The van der Waals surface area contributed by atoms with Crippen LogP contribution in [0.1, 0.15) is 30.5 Å². The number of carbonyl (C=O) groups excluding carboxylic acids is 2. The average Bonchev–Trinajstić information content (AvgIpc) is 2.65. The van der Waals surface area contributed by atoms with Crippen molar-refractivity contribution in [3.63, 3.8) is 0 Å². The molecular formula is C22H28ClN3O2. The molecule has 1 N–H and O–H groups in total. The standard InChI is InChI=1S/C22H28ClN3O2/c1-17(27)24-21(19-9-11-20(23)12-10-19)15-22(28)26(14-13-25(2)3)16-18-7-5-4-6-8-18/h4-12,21H,13-16H2,1-3H3,(H,24,27). The van der Waals surface area contributed by atoms with E-state index in [0.29, 0.717) is 18.1 Å². The minimum atomic E-state index is -0.389. The van der Waals surface area contributed by atoms with Crippen molar-refractivity contribution in [1.29, 1.82) is 0 Å². The Balaban J connectivity index is 2.16. The van der Waals surface area contributed by atoms with Crippen LogP contribution in [0.2, 0.25) is 5.02 Å². The van der Waals surface area contributed by atoms with E-state index in [1.54, 1.807) is 12.1 Å². The molecule has 2 rings (SSSR count). The molecule has 1 unspecified atom stereocenters. The molecule has 2 aromatic carbocycles. The van der Waals surface area contributed by atoms with Crippen molar-refractivity contribution < 1.29 is 9.59 Å². The summed E-state index contributed by atoms with van der Waals surface area (Å²) in [5, 5.41) is 3.51. The number of rotatable bonds is 9. The molecule has 28 heavy (non-hydrogen) atoms. The van der Waals surface area contributed by atoms with Crippen LogP contribution in [0.4, 0.5) is 0 Å². The van der Waals surface area contributed by atoms with Gasteiger partial charge in [0.05, 0.1) is 12.5 Å². The maximum Gasteiger partial charge on any atom is 0.225 e. The van der Waals surface area contributed by atoms with Crippen LogP contribution in [0.3, 0.4) is 0 Å². The monoisotopic (exact) mass is 401 g/mol. The topological polar surface area (TPSA) is 52.7 Å². The third-order valence-electron chi connectivity index (χ3n) is 4.41. The van der Waals surface area contributed by atoms with Crippen LogP contribution in [0, 0.1) is 0 Å². The van der Waals surface area contributed by atoms with Crippen molar-refractivity contribution in [2.75, 3.05) is 27.2 Å². The SMILES string of the molecule is CC(=O)NC(CC(=O)N(CCN(C)C)Cc1ccccc1)c1ccc(Cl)cc1. The van der Waals surface area contributed by atoms with Gasteiger partial charge < -0.3 is 15.1 Å². The number of nitrogens with zero attached hydrogens (tertiary/aromatic N) is 2. The van der Waals surface area contributed by atoms with Crippen molar-refractivity contribution in [1.82, 2.24) is 15.1 Å². The number of amides is 2. The molecule has 5 nitrogen and oxygen atoms in total. The van der Waals surface area contributed by atoms with Gasteiger partial charge in [-0.25, -0.2) is 0 Å². The van der Waals surface area contributed by atoms with Gasteiger partial charge in [0.15, 0.2) is 0 Å². The third kappa shape index (κ3) is 7.33. The largest absolute Gasteiger partial charge is 0.349 e. The quantitative estimate of drug-likeness (QED) is 0.699. The van der Waals surface area contributed by atoms with Crippen molar-refractivity contribution in [2.24, 2.45) is 0 Å². The molecule has 0 aromatic heterocycles. The second-order valence-corrected chi connectivity index (χ2v) is 7.55. The molecule has 0 aliphatic carbocycles. The first kappa shape index (κ1) is 21.9. The smallest absolute Gasteiger partial charge is 0.225 e. The van der Waals surface area contributed by atoms with E-state index in [0.717, 1.165) is 17.7 Å². The zero-order chi connectivity index (χ0) is 20.5. The number of hydrogen-bond donors (Lipinski definition) is 1. The van der Waals surface area contributed by atoms with Gasteiger partial charge in [0, 0.05) is 31.6 Å². The van der Waals surface area contributed by atoms with Crippen LogP contribution in [0.5, 0.6) is 0 Å². The number of benzene rings is 2. The number of likely N-dealkylation sites (N-methyl/N-ethyl adjacent to an activating group) is 1. The summed E-state index contributed by atoms with van der Waals surface area (Å²) in [7, 11) is 3.97. The van der Waals surface area contributed by atoms with Gasteiger partial charge in [-0.15, -0.1) is 0 Å². The molecule has 0 saturated heterocycles. The van der Waals surface area contributed by atoms with E-state index in [1.165, 1.54) is 6.92 Å². The van der Waals surface area contributed by atoms with Gasteiger partial charge in [-0.3, -0.25) is 9.59 Å². The van der Waals surface area contributed by atoms with Gasteiger partial charge in [-0.05, 0) is 37.4 Å². The summed E-state index contributed by atoms with van der Waals surface area (Å²) in [6.07, 6.45) is 0.196. The van der Waals surface area contributed by atoms with E-state index in [2.05, 4.69) is 10.2 Å². The highest BCUT2D eigenvalue weighted by molar-refractivity contribution is 6.30. The lowest BCUT2D eigenvalue weighted by Crippen LogP contribution is -2.39. The number of halogens is 1. The fourth-order valence-electron chi connectivity index (χ4n) is 2.91. The molecule has 0 heterocycles. The number of carbonyl (C=O) groups is 2. The summed E-state index contributed by atoms with van der Waals surface area (Å²) in [6.45, 7) is 3.39. The summed E-state index contributed by atoms with van der Waals surface area (Å²) in [5.41, 5.74) is 1.94. The molecule has 0 spiro atoms. The number of nitrogens with one attached hydrogen (secondary N) is 1. The second kappa shape index (κ2) is 10.8. The molecular weight excluding hydrogens is 374 g/mol. The Morgan fingerprint density at radius 3 is 2.21 bits per heavy atom. The zero-order valence-electron chi connectivity index (χ0n) is 16.7. The minimum Gasteiger partial charge on any atom is -0.349 e. The van der Waals surface area contributed by atoms with E-state index in [4.69, 9.17) is 11.6 Å². The number of hydrogen-bond acceptors (Lipinski definition) is 3. The summed E-state index contributed by atoms with van der Waals surface area (Å²) >= 11 is 5.97. The van der Waals surface area contributed by atoms with Crippen LogP contribution in [-0.2, 0) is 16.1 Å². The Hall–Kier alpha value is -2.37. The van der Waals surface area contributed by atoms with Gasteiger partial charge in [0.2, 0.25) is 11.8 Å². The van der Waals surface area contributed by atoms with Crippen LogP contribution in [0.15, 0.2) is 54.6 Å². The molecule has 150 valence electrons. The molecule has 2 amide bonds. The minimum absolute atomic E-state index is 0.000553. The Labute approximate surface area is 172 Å². The van der Waals surface area contributed by atoms with E-state index in [-0.39, 0.29) is 24.3 Å². The molecule has 0 radical (unpaired) electrons. The summed E-state index contributed by atoms with van der Waals surface area (Å²) in [6, 6.07) is 16.8. The maximum atomic E-state index is 13.1. The molecule has 1 atom stereocenters. The summed E-state index contributed by atoms with van der Waals surface area (Å²) < 4.78 is 0. The lowest BCUT2D eigenvalue weighted by Gasteiger charge is -2.27. The van der Waals surface area contributed by atoms with E-state index in [1.807, 2.05) is 61.5 Å². The molecule has 0 aliphatic heterocycles. The molecule has 2 aromatic rings. The first-order chi connectivity index (χ1) is 13.3. The second-order valence-electron chi connectivity index (χ2n) is 7.11. The van der Waals surface area contributed by atoms with Gasteiger partial charge in [0.1, 0.15) is 0 Å². The maximum absolute atomic E-state index is 13.1. The first-order valence-corrected chi connectivity index (χ1v) is 9.72. The normalized spacial score (nSPS) is 11.9. The molecule has 6 heteroatoms. The lowest BCUT2D eigenvalue weighted by atomic mass is 10.0. The fourth-order valence-corrected chi connectivity index (χ4v) is 3.04. The molecule has 0 fully saturated rings. The van der Waals surface area contributed by atoms with Crippen molar-refractivity contribution in [2.45, 2.75) is 25.9 Å². The van der Waals surface area contributed by atoms with Gasteiger partial charge in [0.25, 0.3) is 0 Å². The third-order valence-corrected chi connectivity index (χ3v) is 4.67. The Bertz CT molecular complexity index is 763. The average molecular weight is 402 g/mol. The molecule has 0 aliphatic rings. The van der Waals surface area contributed by atoms with Crippen LogP contribution < -0.4 is 5.32 Å². The lowest BCUT2D eigenvalue weighted by molar-refractivity contribution is -0.132. The van der Waals surface area contributed by atoms with E-state index >= 15 is 0 Å². The highest BCUT2D eigenvalue weighted by atomic mass is 35.5. The van der Waals surface area contributed by atoms with Gasteiger partial charge >= 0.3 is 0 Å². The van der Waals surface area contributed by atoms with Crippen molar-refractivity contribution in [3.8, 4) is 0 Å².